The van der Waals surface area contributed by atoms with Crippen LogP contribution in [0.4, 0.5) is 0 Å². The van der Waals surface area contributed by atoms with Crippen molar-refractivity contribution in [2.45, 2.75) is 19.1 Å². The lowest BCUT2D eigenvalue weighted by molar-refractivity contribution is -0.153. The minimum absolute atomic E-state index is 0.462. The zero-order valence-electron chi connectivity index (χ0n) is 9.77. The number of carbonyl (C=O) groups is 1. The normalized spacial score (nSPS) is 14.2. The molecule has 0 fully saturated rings. The van der Waals surface area contributed by atoms with Gasteiger partial charge in [-0.25, -0.2) is 4.79 Å². The molecule has 0 saturated heterocycles. The van der Waals surface area contributed by atoms with Gasteiger partial charge in [-0.2, -0.15) is 0 Å². The molecule has 1 aromatic rings. The van der Waals surface area contributed by atoms with Crippen molar-refractivity contribution in [3.8, 4) is 0 Å². The number of rotatable bonds is 4. The molecule has 0 spiro atoms. The van der Waals surface area contributed by atoms with E-state index in [0.29, 0.717) is 0 Å². The highest BCUT2D eigenvalue weighted by Gasteiger charge is 2.27. The molecule has 88 valence electrons. The number of hydrogen-bond acceptors (Lipinski definition) is 4. The maximum absolute atomic E-state index is 11.4. The lowest BCUT2D eigenvalue weighted by Crippen LogP contribution is -2.36. The summed E-state index contributed by atoms with van der Waals surface area (Å²) in [5.41, 5.74) is 7.94. The molecule has 0 aliphatic carbocycles. The molecule has 1 aromatic carbocycles. The first kappa shape index (κ1) is 12.7. The van der Waals surface area contributed by atoms with E-state index < -0.39 is 18.1 Å². The summed E-state index contributed by atoms with van der Waals surface area (Å²) in [5.74, 6) is -0.462. The smallest absolute Gasteiger partial charge is 0.336 e. The van der Waals surface area contributed by atoms with E-state index in [1.54, 1.807) is 0 Å². The molecule has 0 radical (unpaired) electrons. The zero-order chi connectivity index (χ0) is 12.1. The number of benzene rings is 1. The molecular weight excluding hydrogens is 206 g/mol. The van der Waals surface area contributed by atoms with Crippen LogP contribution in [-0.2, 0) is 14.3 Å². The molecule has 0 saturated carbocycles. The molecule has 0 heterocycles. The van der Waals surface area contributed by atoms with E-state index in [0.717, 1.165) is 11.1 Å². The predicted octanol–water partition coefficient (Wildman–Crippen LogP) is 1.18. The molecule has 2 atom stereocenters. The van der Waals surface area contributed by atoms with Gasteiger partial charge in [-0.15, -0.1) is 0 Å². The summed E-state index contributed by atoms with van der Waals surface area (Å²) >= 11 is 0. The van der Waals surface area contributed by atoms with Gasteiger partial charge in [0.25, 0.3) is 0 Å². The largest absolute Gasteiger partial charge is 0.467 e. The number of hydrogen-bond donors (Lipinski definition) is 1. The van der Waals surface area contributed by atoms with Gasteiger partial charge in [-0.3, -0.25) is 0 Å². The van der Waals surface area contributed by atoms with Gasteiger partial charge < -0.3 is 15.2 Å². The number of methoxy groups -OCH3 is 2. The van der Waals surface area contributed by atoms with Crippen molar-refractivity contribution in [2.75, 3.05) is 14.2 Å². The number of aryl methyl sites for hydroxylation is 1. The Balaban J connectivity index is 2.86. The molecule has 0 aliphatic rings. The number of ether oxygens (including phenoxy) is 2. The Morgan fingerprint density at radius 2 is 1.81 bits per heavy atom. The summed E-state index contributed by atoms with van der Waals surface area (Å²) in [6.07, 6.45) is -0.771. The average Bonchev–Trinajstić information content (AvgIpc) is 2.30. The Kier molecular flexibility index (Phi) is 4.46. The topological polar surface area (TPSA) is 61.5 Å². The summed E-state index contributed by atoms with van der Waals surface area (Å²) in [6.45, 7) is 1.99. The molecule has 0 unspecified atom stereocenters. The van der Waals surface area contributed by atoms with E-state index >= 15 is 0 Å². The maximum atomic E-state index is 11.4. The van der Waals surface area contributed by atoms with E-state index in [-0.39, 0.29) is 0 Å². The minimum atomic E-state index is -0.771. The van der Waals surface area contributed by atoms with E-state index in [1.165, 1.54) is 14.2 Å². The van der Waals surface area contributed by atoms with Crippen molar-refractivity contribution in [1.29, 1.82) is 0 Å². The van der Waals surface area contributed by atoms with Crippen LogP contribution in [0.25, 0.3) is 0 Å². The fourth-order valence-corrected chi connectivity index (χ4v) is 1.47. The second-order valence-corrected chi connectivity index (χ2v) is 3.62. The molecule has 0 aliphatic heterocycles. The highest BCUT2D eigenvalue weighted by Crippen LogP contribution is 2.17. The molecule has 1 rings (SSSR count). The van der Waals surface area contributed by atoms with Crippen molar-refractivity contribution in [2.24, 2.45) is 5.73 Å². The van der Waals surface area contributed by atoms with Crippen LogP contribution >= 0.6 is 0 Å². The SMILES string of the molecule is COC(=O)[C@H](OC)[C@@H](N)c1ccc(C)cc1. The van der Waals surface area contributed by atoms with Crippen LogP contribution in [0.2, 0.25) is 0 Å². The van der Waals surface area contributed by atoms with Gasteiger partial charge in [-0.05, 0) is 12.5 Å². The van der Waals surface area contributed by atoms with Gasteiger partial charge in [0.2, 0.25) is 0 Å². The first-order valence-electron chi connectivity index (χ1n) is 5.03. The third-order valence-electron chi connectivity index (χ3n) is 2.48. The van der Waals surface area contributed by atoms with Crippen LogP contribution in [0.3, 0.4) is 0 Å². The van der Waals surface area contributed by atoms with E-state index in [2.05, 4.69) is 4.74 Å². The Morgan fingerprint density at radius 1 is 1.25 bits per heavy atom. The molecule has 4 heteroatoms. The van der Waals surface area contributed by atoms with Gasteiger partial charge in [-0.1, -0.05) is 29.8 Å². The molecule has 2 N–H and O–H groups in total. The van der Waals surface area contributed by atoms with Crippen molar-refractivity contribution in [3.05, 3.63) is 35.4 Å². The quantitative estimate of drug-likeness (QED) is 0.779. The summed E-state index contributed by atoms with van der Waals surface area (Å²) in [7, 11) is 2.76. The molecule has 4 nitrogen and oxygen atoms in total. The van der Waals surface area contributed by atoms with Crippen LogP contribution in [0.5, 0.6) is 0 Å². The van der Waals surface area contributed by atoms with Crippen molar-refractivity contribution in [3.63, 3.8) is 0 Å². The first-order chi connectivity index (χ1) is 7.60. The highest BCUT2D eigenvalue weighted by atomic mass is 16.6. The summed E-state index contributed by atoms with van der Waals surface area (Å²) < 4.78 is 9.68. The highest BCUT2D eigenvalue weighted by molar-refractivity contribution is 5.75. The van der Waals surface area contributed by atoms with Crippen LogP contribution in [0, 0.1) is 6.92 Å². The van der Waals surface area contributed by atoms with E-state index in [1.807, 2.05) is 31.2 Å². The average molecular weight is 223 g/mol. The van der Waals surface area contributed by atoms with Crippen LogP contribution in [0.1, 0.15) is 17.2 Å². The fourth-order valence-electron chi connectivity index (χ4n) is 1.47. The van der Waals surface area contributed by atoms with E-state index in [9.17, 15) is 4.79 Å². The number of esters is 1. The van der Waals surface area contributed by atoms with Crippen LogP contribution in [-0.4, -0.2) is 26.3 Å². The van der Waals surface area contributed by atoms with Crippen LogP contribution in [0.15, 0.2) is 24.3 Å². The van der Waals surface area contributed by atoms with Gasteiger partial charge in [0.1, 0.15) is 0 Å². The molecule has 0 amide bonds. The monoisotopic (exact) mass is 223 g/mol. The lowest BCUT2D eigenvalue weighted by Gasteiger charge is -2.20. The molecule has 0 aromatic heterocycles. The predicted molar refractivity (Wildman–Crippen MR) is 60.9 cm³/mol. The Bertz CT molecular complexity index is 348. The number of nitrogens with two attached hydrogens (primary N) is 1. The number of carbonyl (C=O) groups excluding carboxylic acids is 1. The van der Waals surface area contributed by atoms with Gasteiger partial charge >= 0.3 is 5.97 Å². The maximum Gasteiger partial charge on any atom is 0.336 e. The molecule has 0 bridgehead atoms. The zero-order valence-corrected chi connectivity index (χ0v) is 9.77. The Morgan fingerprint density at radius 3 is 2.25 bits per heavy atom. The van der Waals surface area contributed by atoms with Crippen molar-refractivity contribution in [1.82, 2.24) is 0 Å². The Labute approximate surface area is 95.3 Å². The summed E-state index contributed by atoms with van der Waals surface area (Å²) in [5, 5.41) is 0. The Hall–Kier alpha value is -1.39. The second-order valence-electron chi connectivity index (χ2n) is 3.62. The first-order valence-corrected chi connectivity index (χ1v) is 5.03. The summed E-state index contributed by atoms with van der Waals surface area (Å²) in [6, 6.07) is 7.14. The summed E-state index contributed by atoms with van der Waals surface area (Å²) in [4.78, 5) is 11.4. The van der Waals surface area contributed by atoms with Crippen LogP contribution < -0.4 is 5.73 Å². The minimum Gasteiger partial charge on any atom is -0.467 e. The third kappa shape index (κ3) is 2.81. The fraction of sp³-hybridized carbons (Fsp3) is 0.417. The van der Waals surface area contributed by atoms with E-state index in [4.69, 9.17) is 10.5 Å². The lowest BCUT2D eigenvalue weighted by atomic mass is 10.0. The van der Waals surface area contributed by atoms with Crippen molar-refractivity contribution >= 4 is 5.97 Å². The van der Waals surface area contributed by atoms with Crippen molar-refractivity contribution < 1.29 is 14.3 Å². The van der Waals surface area contributed by atoms with Gasteiger partial charge in [0.05, 0.1) is 13.2 Å². The molecule has 16 heavy (non-hydrogen) atoms. The second kappa shape index (κ2) is 5.63. The van der Waals surface area contributed by atoms with Gasteiger partial charge in [0, 0.05) is 7.11 Å². The molecular formula is C12H17NO3. The standard InChI is InChI=1S/C12H17NO3/c1-8-4-6-9(7-5-8)10(13)11(15-2)12(14)16-3/h4-7,10-11H,13H2,1-3H3/t10-,11+/m0/s1. The van der Waals surface area contributed by atoms with Gasteiger partial charge in [0.15, 0.2) is 6.10 Å². The third-order valence-corrected chi connectivity index (χ3v) is 2.48.